The molecule has 3 rings (SSSR count). The highest BCUT2D eigenvalue weighted by molar-refractivity contribution is 9.12. The molecule has 0 fully saturated rings. The zero-order chi connectivity index (χ0) is 15.3. The van der Waals surface area contributed by atoms with Gasteiger partial charge in [0.15, 0.2) is 0 Å². The lowest BCUT2D eigenvalue weighted by Gasteiger charge is -2.10. The average molecular weight is 495 g/mol. The Balaban J connectivity index is 2.15. The molecule has 3 nitrogen and oxygen atoms in total. The molecule has 0 N–H and O–H groups in total. The Bertz CT molecular complexity index is 894. The normalized spacial score (nSPS) is 13.0. The number of aromatic nitrogens is 2. The number of benzene rings is 1. The van der Waals surface area contributed by atoms with Crippen molar-refractivity contribution in [3.05, 3.63) is 53.4 Å². The quantitative estimate of drug-likeness (QED) is 0.463. The van der Waals surface area contributed by atoms with E-state index in [0.717, 1.165) is 24.2 Å². The number of nitrogens with zero attached hydrogens (tertiary/aromatic N) is 2. The molecule has 2 heterocycles. The van der Waals surface area contributed by atoms with Crippen LogP contribution in [0.15, 0.2) is 36.6 Å². The lowest BCUT2D eigenvalue weighted by molar-refractivity contribution is 0.795. The first kappa shape index (κ1) is 15.5. The topological polar surface area (TPSA) is 26.9 Å². The molecule has 1 unspecified atom stereocenters. The minimum atomic E-state index is -0.00673. The molecule has 0 bridgehead atoms. The van der Waals surface area contributed by atoms with Crippen molar-refractivity contribution < 1.29 is 0 Å². The predicted molar refractivity (Wildman–Crippen MR) is 98.6 cm³/mol. The second-order valence-electron chi connectivity index (χ2n) is 4.79. The van der Waals surface area contributed by atoms with Crippen LogP contribution in [0.5, 0.6) is 0 Å². The van der Waals surface area contributed by atoms with Crippen LogP contribution >= 0.6 is 59.1 Å². The third kappa shape index (κ3) is 2.58. The number of imidazole rings is 1. The van der Waals surface area contributed by atoms with Crippen LogP contribution in [0.25, 0.3) is 11.0 Å². The van der Waals surface area contributed by atoms with Crippen LogP contribution in [-0.4, -0.2) is 9.13 Å². The van der Waals surface area contributed by atoms with E-state index < -0.39 is 0 Å². The first-order chi connectivity index (χ1) is 9.90. The van der Waals surface area contributed by atoms with Crippen LogP contribution < -0.4 is 5.69 Å². The molecule has 2 aromatic heterocycles. The summed E-state index contributed by atoms with van der Waals surface area (Å²) in [6.07, 6.45) is 0. The van der Waals surface area contributed by atoms with Crippen molar-refractivity contribution >= 4 is 70.2 Å². The van der Waals surface area contributed by atoms with E-state index in [4.69, 9.17) is 0 Å². The van der Waals surface area contributed by atoms with Gasteiger partial charge in [0.2, 0.25) is 0 Å². The highest BCUT2D eigenvalue weighted by Crippen LogP contribution is 2.42. The smallest absolute Gasteiger partial charge is 0.295 e. The third-order valence-electron chi connectivity index (χ3n) is 3.54. The number of rotatable bonds is 2. The maximum Gasteiger partial charge on any atom is 0.328 e. The number of fused-ring (bicyclic) bond motifs is 1. The lowest BCUT2D eigenvalue weighted by Crippen LogP contribution is -2.19. The van der Waals surface area contributed by atoms with Crippen LogP contribution in [-0.2, 0) is 14.1 Å². The van der Waals surface area contributed by atoms with Crippen molar-refractivity contribution in [1.29, 1.82) is 0 Å². The molecule has 1 atom stereocenters. The van der Waals surface area contributed by atoms with E-state index >= 15 is 0 Å². The molecule has 7 heteroatoms. The zero-order valence-corrected chi connectivity index (χ0v) is 16.8. The Kier molecular flexibility index (Phi) is 4.20. The second-order valence-corrected chi connectivity index (χ2v) is 9.46. The van der Waals surface area contributed by atoms with E-state index in [9.17, 15) is 4.79 Å². The fourth-order valence-corrected chi connectivity index (χ4v) is 6.39. The molecule has 1 aromatic carbocycles. The first-order valence-corrected chi connectivity index (χ1v) is 9.46. The standard InChI is InChI=1S/C14H11Br3N2OS/c1-18-9-4-3-7(5-10(9)19(2)14(18)20)12(16)8-6-11(15)21-13(8)17/h3-6,12H,1-2H3. The monoisotopic (exact) mass is 492 g/mol. The van der Waals surface area contributed by atoms with Gasteiger partial charge < -0.3 is 0 Å². The van der Waals surface area contributed by atoms with E-state index in [1.54, 1.807) is 34.6 Å². The highest BCUT2D eigenvalue weighted by atomic mass is 79.9. The number of alkyl halides is 1. The van der Waals surface area contributed by atoms with Gasteiger partial charge in [-0.15, -0.1) is 11.3 Å². The predicted octanol–water partition coefficient (Wildman–Crippen LogP) is 4.95. The molecular weight excluding hydrogens is 484 g/mol. The summed E-state index contributed by atoms with van der Waals surface area (Å²) in [5, 5.41) is 0. The fourth-order valence-electron chi connectivity index (χ4n) is 2.39. The maximum absolute atomic E-state index is 12.0. The van der Waals surface area contributed by atoms with Crippen molar-refractivity contribution in [2.45, 2.75) is 4.83 Å². The minimum Gasteiger partial charge on any atom is -0.295 e. The van der Waals surface area contributed by atoms with Gasteiger partial charge in [0.25, 0.3) is 0 Å². The Morgan fingerprint density at radius 2 is 1.76 bits per heavy atom. The minimum absolute atomic E-state index is 0.00673. The molecule has 0 aliphatic heterocycles. The molecule has 0 spiro atoms. The van der Waals surface area contributed by atoms with Crippen molar-refractivity contribution in [3.8, 4) is 0 Å². The van der Waals surface area contributed by atoms with Crippen LogP contribution in [0.2, 0.25) is 0 Å². The van der Waals surface area contributed by atoms with E-state index in [0.29, 0.717) is 0 Å². The van der Waals surface area contributed by atoms with E-state index in [1.807, 2.05) is 6.07 Å². The van der Waals surface area contributed by atoms with Gasteiger partial charge in [-0.2, -0.15) is 0 Å². The van der Waals surface area contributed by atoms with Gasteiger partial charge >= 0.3 is 5.69 Å². The molecule has 0 amide bonds. The number of halogens is 3. The summed E-state index contributed by atoms with van der Waals surface area (Å²) in [7, 11) is 3.59. The van der Waals surface area contributed by atoms with Crippen molar-refractivity contribution in [1.82, 2.24) is 9.13 Å². The molecule has 0 aliphatic carbocycles. The highest BCUT2D eigenvalue weighted by Gasteiger charge is 2.18. The molecule has 0 radical (unpaired) electrons. The van der Waals surface area contributed by atoms with Crippen LogP contribution in [0.3, 0.4) is 0 Å². The lowest BCUT2D eigenvalue weighted by atomic mass is 10.1. The van der Waals surface area contributed by atoms with Gasteiger partial charge in [-0.1, -0.05) is 22.0 Å². The van der Waals surface area contributed by atoms with E-state index in [1.165, 1.54) is 5.56 Å². The van der Waals surface area contributed by atoms with Crippen molar-refractivity contribution in [2.75, 3.05) is 0 Å². The first-order valence-electron chi connectivity index (χ1n) is 6.14. The largest absolute Gasteiger partial charge is 0.328 e. The summed E-state index contributed by atoms with van der Waals surface area (Å²) < 4.78 is 5.52. The zero-order valence-electron chi connectivity index (χ0n) is 11.2. The van der Waals surface area contributed by atoms with Crippen LogP contribution in [0.4, 0.5) is 0 Å². The molecule has 110 valence electrons. The van der Waals surface area contributed by atoms with Gasteiger partial charge in [-0.25, -0.2) is 4.79 Å². The van der Waals surface area contributed by atoms with Crippen LogP contribution in [0, 0.1) is 0 Å². The number of hydrogen-bond donors (Lipinski definition) is 0. The Labute approximate surface area is 151 Å². The van der Waals surface area contributed by atoms with Crippen molar-refractivity contribution in [2.24, 2.45) is 14.1 Å². The van der Waals surface area contributed by atoms with E-state index in [2.05, 4.69) is 66.0 Å². The van der Waals surface area contributed by atoms with Crippen molar-refractivity contribution in [3.63, 3.8) is 0 Å². The van der Waals surface area contributed by atoms with Gasteiger partial charge in [0.05, 0.1) is 23.4 Å². The molecule has 0 aliphatic rings. The van der Waals surface area contributed by atoms with Crippen LogP contribution in [0.1, 0.15) is 16.0 Å². The Hall–Kier alpha value is -0.370. The molecule has 0 saturated heterocycles. The fraction of sp³-hybridized carbons (Fsp3) is 0.214. The summed E-state index contributed by atoms with van der Waals surface area (Å²) in [6.45, 7) is 0. The third-order valence-corrected chi connectivity index (χ3v) is 6.95. The molecule has 21 heavy (non-hydrogen) atoms. The van der Waals surface area contributed by atoms with E-state index in [-0.39, 0.29) is 10.5 Å². The summed E-state index contributed by atoms with van der Waals surface area (Å²) in [6, 6.07) is 8.21. The maximum atomic E-state index is 12.0. The summed E-state index contributed by atoms with van der Waals surface area (Å²) in [4.78, 5) is 12.1. The number of thiophene rings is 1. The Morgan fingerprint density at radius 1 is 1.10 bits per heavy atom. The molecular formula is C14H11Br3N2OS. The van der Waals surface area contributed by atoms with Gasteiger partial charge in [-0.05, 0) is 61.2 Å². The van der Waals surface area contributed by atoms with Gasteiger partial charge in [0, 0.05) is 14.1 Å². The second kappa shape index (κ2) is 5.68. The summed E-state index contributed by atoms with van der Waals surface area (Å²) in [5.74, 6) is 0. The van der Waals surface area contributed by atoms with Gasteiger partial charge in [-0.3, -0.25) is 9.13 Å². The summed E-state index contributed by atoms with van der Waals surface area (Å²) >= 11 is 12.5. The summed E-state index contributed by atoms with van der Waals surface area (Å²) in [5.41, 5.74) is 4.17. The molecule has 0 saturated carbocycles. The Morgan fingerprint density at radius 3 is 2.38 bits per heavy atom. The molecule has 3 aromatic rings. The number of hydrogen-bond acceptors (Lipinski definition) is 2. The average Bonchev–Trinajstić information content (AvgIpc) is 2.91. The number of aryl methyl sites for hydroxylation is 2. The van der Waals surface area contributed by atoms with Gasteiger partial charge in [0.1, 0.15) is 0 Å². The SMILES string of the molecule is Cn1c(=O)n(C)c2cc(C(Br)c3cc(Br)sc3Br)ccc21.